The van der Waals surface area contributed by atoms with Crippen LogP contribution in [0.25, 0.3) is 6.08 Å². The van der Waals surface area contributed by atoms with E-state index < -0.39 is 0 Å². The number of benzene rings is 2. The standard InChI is InChI=1S/C18H20O2/c1-13(11-15-7-5-4-6-8-15)14(2)17-12-16(20-3)9-10-18(17)19/h4-12,14,19H,1-3H3. The molecule has 104 valence electrons. The van der Waals surface area contributed by atoms with Crippen molar-refractivity contribution in [1.29, 1.82) is 0 Å². The van der Waals surface area contributed by atoms with Gasteiger partial charge in [0.25, 0.3) is 0 Å². The van der Waals surface area contributed by atoms with Gasteiger partial charge in [0.2, 0.25) is 0 Å². The Bertz CT molecular complexity index is 600. The van der Waals surface area contributed by atoms with Gasteiger partial charge < -0.3 is 9.84 Å². The van der Waals surface area contributed by atoms with Crippen molar-refractivity contribution in [3.05, 3.63) is 65.2 Å². The van der Waals surface area contributed by atoms with Gasteiger partial charge in [-0.1, -0.05) is 48.9 Å². The molecule has 2 heteroatoms. The van der Waals surface area contributed by atoms with Crippen molar-refractivity contribution in [1.82, 2.24) is 0 Å². The predicted octanol–water partition coefficient (Wildman–Crippen LogP) is 4.61. The minimum atomic E-state index is 0.130. The van der Waals surface area contributed by atoms with Crippen LogP contribution in [0.1, 0.15) is 30.9 Å². The molecule has 0 spiro atoms. The number of phenols is 1. The largest absolute Gasteiger partial charge is 0.508 e. The van der Waals surface area contributed by atoms with Gasteiger partial charge in [-0.05, 0) is 30.7 Å². The molecule has 2 aromatic rings. The topological polar surface area (TPSA) is 29.5 Å². The Morgan fingerprint density at radius 3 is 2.50 bits per heavy atom. The van der Waals surface area contributed by atoms with Gasteiger partial charge in [-0.2, -0.15) is 0 Å². The molecule has 0 aliphatic heterocycles. The summed E-state index contributed by atoms with van der Waals surface area (Å²) < 4.78 is 5.23. The van der Waals surface area contributed by atoms with Crippen molar-refractivity contribution < 1.29 is 9.84 Å². The van der Waals surface area contributed by atoms with Gasteiger partial charge in [-0.15, -0.1) is 0 Å². The highest BCUT2D eigenvalue weighted by Crippen LogP contribution is 2.34. The molecule has 0 aromatic heterocycles. The van der Waals surface area contributed by atoms with E-state index in [4.69, 9.17) is 4.74 Å². The number of aromatic hydroxyl groups is 1. The molecular weight excluding hydrogens is 248 g/mol. The first-order valence-corrected chi connectivity index (χ1v) is 6.72. The fraction of sp³-hybridized carbons (Fsp3) is 0.222. The van der Waals surface area contributed by atoms with E-state index in [1.807, 2.05) is 24.3 Å². The Labute approximate surface area is 120 Å². The summed E-state index contributed by atoms with van der Waals surface area (Å²) in [6, 6.07) is 15.5. The summed E-state index contributed by atoms with van der Waals surface area (Å²) in [6.45, 7) is 4.17. The van der Waals surface area contributed by atoms with Crippen LogP contribution in [-0.4, -0.2) is 12.2 Å². The van der Waals surface area contributed by atoms with Crippen molar-refractivity contribution in [3.8, 4) is 11.5 Å². The van der Waals surface area contributed by atoms with Crippen LogP contribution < -0.4 is 4.74 Å². The normalized spacial score (nSPS) is 13.1. The zero-order valence-electron chi connectivity index (χ0n) is 12.1. The minimum absolute atomic E-state index is 0.130. The second-order valence-electron chi connectivity index (χ2n) is 4.95. The van der Waals surface area contributed by atoms with Crippen LogP contribution in [0.3, 0.4) is 0 Å². The molecule has 1 atom stereocenters. The Morgan fingerprint density at radius 1 is 1.15 bits per heavy atom. The molecule has 20 heavy (non-hydrogen) atoms. The lowest BCUT2D eigenvalue weighted by atomic mass is 9.91. The lowest BCUT2D eigenvalue weighted by molar-refractivity contribution is 0.410. The van der Waals surface area contributed by atoms with Crippen LogP contribution in [0.4, 0.5) is 0 Å². The third-order valence-corrected chi connectivity index (χ3v) is 3.58. The molecule has 0 aliphatic rings. The molecule has 1 N–H and O–H groups in total. The maximum atomic E-state index is 10.0. The summed E-state index contributed by atoms with van der Waals surface area (Å²) in [7, 11) is 1.63. The molecule has 0 saturated heterocycles. The number of phenolic OH excluding ortho intramolecular Hbond substituents is 1. The molecule has 1 unspecified atom stereocenters. The minimum Gasteiger partial charge on any atom is -0.508 e. The van der Waals surface area contributed by atoms with E-state index in [1.54, 1.807) is 19.2 Å². The summed E-state index contributed by atoms with van der Waals surface area (Å²) in [4.78, 5) is 0. The Hall–Kier alpha value is -2.22. The maximum Gasteiger partial charge on any atom is 0.119 e. The molecule has 0 aliphatic carbocycles. The average Bonchev–Trinajstić information content (AvgIpc) is 2.48. The van der Waals surface area contributed by atoms with Crippen LogP contribution in [0.5, 0.6) is 11.5 Å². The van der Waals surface area contributed by atoms with Crippen LogP contribution in [0.15, 0.2) is 54.1 Å². The van der Waals surface area contributed by atoms with Crippen LogP contribution in [0.2, 0.25) is 0 Å². The van der Waals surface area contributed by atoms with Crippen molar-refractivity contribution >= 4 is 6.08 Å². The number of rotatable bonds is 4. The van der Waals surface area contributed by atoms with E-state index >= 15 is 0 Å². The van der Waals surface area contributed by atoms with Gasteiger partial charge in [0.15, 0.2) is 0 Å². The van der Waals surface area contributed by atoms with Gasteiger partial charge in [0, 0.05) is 11.5 Å². The first kappa shape index (κ1) is 14.2. The number of hydrogen-bond acceptors (Lipinski definition) is 2. The number of methoxy groups -OCH3 is 1. The first-order chi connectivity index (χ1) is 9.61. The van der Waals surface area contributed by atoms with Gasteiger partial charge in [0.05, 0.1) is 7.11 Å². The summed E-state index contributed by atoms with van der Waals surface area (Å²) in [6.07, 6.45) is 2.14. The number of allylic oxidation sites excluding steroid dienone is 1. The highest BCUT2D eigenvalue weighted by molar-refractivity contribution is 5.56. The van der Waals surface area contributed by atoms with Crippen molar-refractivity contribution in [3.63, 3.8) is 0 Å². The van der Waals surface area contributed by atoms with Gasteiger partial charge in [0.1, 0.15) is 11.5 Å². The molecule has 2 aromatic carbocycles. The number of hydrogen-bond donors (Lipinski definition) is 1. The highest BCUT2D eigenvalue weighted by Gasteiger charge is 2.13. The van der Waals surface area contributed by atoms with Gasteiger partial charge in [-0.3, -0.25) is 0 Å². The Balaban J connectivity index is 2.31. The third kappa shape index (κ3) is 3.21. The smallest absolute Gasteiger partial charge is 0.119 e. The van der Waals surface area contributed by atoms with E-state index in [1.165, 1.54) is 11.1 Å². The van der Waals surface area contributed by atoms with Gasteiger partial charge >= 0.3 is 0 Å². The molecule has 0 radical (unpaired) electrons. The second kappa shape index (κ2) is 6.29. The molecule has 0 amide bonds. The van der Waals surface area contributed by atoms with Crippen LogP contribution in [0, 0.1) is 0 Å². The van der Waals surface area contributed by atoms with Crippen molar-refractivity contribution in [2.24, 2.45) is 0 Å². The molecule has 0 fully saturated rings. The van der Waals surface area contributed by atoms with Crippen LogP contribution >= 0.6 is 0 Å². The molecule has 2 nitrogen and oxygen atoms in total. The maximum absolute atomic E-state index is 10.0. The summed E-state index contributed by atoms with van der Waals surface area (Å²) in [5, 5.41) is 10.0. The first-order valence-electron chi connectivity index (χ1n) is 6.72. The fourth-order valence-electron chi connectivity index (χ4n) is 2.19. The third-order valence-electron chi connectivity index (χ3n) is 3.58. The summed E-state index contributed by atoms with van der Waals surface area (Å²) in [5.74, 6) is 1.20. The van der Waals surface area contributed by atoms with E-state index in [0.29, 0.717) is 5.75 Å². The van der Waals surface area contributed by atoms with E-state index in [2.05, 4.69) is 32.1 Å². The molecule has 2 rings (SSSR count). The van der Waals surface area contributed by atoms with E-state index in [9.17, 15) is 5.11 Å². The predicted molar refractivity (Wildman–Crippen MR) is 83.2 cm³/mol. The Morgan fingerprint density at radius 2 is 1.85 bits per heavy atom. The molecule has 0 bridgehead atoms. The lowest BCUT2D eigenvalue weighted by Gasteiger charge is -2.16. The zero-order chi connectivity index (χ0) is 14.5. The van der Waals surface area contributed by atoms with Crippen LogP contribution in [-0.2, 0) is 0 Å². The SMILES string of the molecule is COc1ccc(O)c(C(C)C(C)=Cc2ccccc2)c1. The summed E-state index contributed by atoms with van der Waals surface area (Å²) >= 11 is 0. The quantitative estimate of drug-likeness (QED) is 0.877. The highest BCUT2D eigenvalue weighted by atomic mass is 16.5. The molecule has 0 heterocycles. The Kier molecular flexibility index (Phi) is 4.46. The lowest BCUT2D eigenvalue weighted by Crippen LogP contribution is -1.97. The van der Waals surface area contributed by atoms with Crippen molar-refractivity contribution in [2.45, 2.75) is 19.8 Å². The van der Waals surface area contributed by atoms with E-state index in [-0.39, 0.29) is 5.92 Å². The zero-order valence-corrected chi connectivity index (χ0v) is 12.1. The average molecular weight is 268 g/mol. The fourth-order valence-corrected chi connectivity index (χ4v) is 2.19. The second-order valence-corrected chi connectivity index (χ2v) is 4.95. The van der Waals surface area contributed by atoms with Gasteiger partial charge in [-0.25, -0.2) is 0 Å². The van der Waals surface area contributed by atoms with Crippen molar-refractivity contribution in [2.75, 3.05) is 7.11 Å². The monoisotopic (exact) mass is 268 g/mol. The molecular formula is C18H20O2. The molecule has 0 saturated carbocycles. The number of ether oxygens (including phenoxy) is 1. The van der Waals surface area contributed by atoms with E-state index in [0.717, 1.165) is 11.3 Å². The summed E-state index contributed by atoms with van der Waals surface area (Å²) in [5.41, 5.74) is 3.24.